The smallest absolute Gasteiger partial charge is 0.220 e. The number of allylic oxidation sites excluding steroid dienone is 13. The maximum Gasteiger partial charge on any atom is 0.220 e. The van der Waals surface area contributed by atoms with E-state index < -0.39 is 49.5 Å². The fourth-order valence-electron chi connectivity index (χ4n) is 12.2. The molecule has 1 rings (SSSR count). The maximum atomic E-state index is 13.2. The second kappa shape index (κ2) is 69.2. The number of hydrogen-bond donors (Lipinski definition) is 6. The summed E-state index contributed by atoms with van der Waals surface area (Å²) >= 11 is 0. The van der Waals surface area contributed by atoms with Crippen LogP contribution in [0, 0.1) is 0 Å². The Hall–Kier alpha value is -2.63. The van der Waals surface area contributed by atoms with Crippen molar-refractivity contribution in [3.8, 4) is 0 Å². The Morgan fingerprint density at radius 3 is 1.02 bits per heavy atom. The Bertz CT molecular complexity index is 1700. The zero-order chi connectivity index (χ0) is 64.9. The van der Waals surface area contributed by atoms with E-state index in [2.05, 4.69) is 92.1 Å². The summed E-state index contributed by atoms with van der Waals surface area (Å²) < 4.78 is 11.3. The van der Waals surface area contributed by atoms with Crippen molar-refractivity contribution in [1.82, 2.24) is 5.32 Å². The number of carbonyl (C=O) groups is 1. The normalized spacial score (nSPS) is 18.2. The van der Waals surface area contributed by atoms with Gasteiger partial charge in [0.05, 0.1) is 25.4 Å². The number of ether oxygens (including phenoxy) is 2. The fraction of sp³-hybridized carbons (Fsp3) is 0.815. The number of carbonyl (C=O) groups excluding carboxylic acids is 1. The van der Waals surface area contributed by atoms with Crippen molar-refractivity contribution >= 4 is 5.91 Å². The lowest BCUT2D eigenvalue weighted by atomic mass is 9.99. The van der Waals surface area contributed by atoms with Gasteiger partial charge in [-0.1, -0.05) is 375 Å². The minimum Gasteiger partial charge on any atom is -0.394 e. The molecule has 0 saturated carbocycles. The van der Waals surface area contributed by atoms with Gasteiger partial charge >= 0.3 is 0 Å². The lowest BCUT2D eigenvalue weighted by Crippen LogP contribution is -2.60. The van der Waals surface area contributed by atoms with E-state index in [0.29, 0.717) is 6.42 Å². The van der Waals surface area contributed by atoms with Gasteiger partial charge in [0.15, 0.2) is 6.29 Å². The third-order valence-electron chi connectivity index (χ3n) is 18.2. The average Bonchev–Trinajstić information content (AvgIpc) is 1.28. The van der Waals surface area contributed by atoms with E-state index in [4.69, 9.17) is 9.47 Å². The Balaban J connectivity index is 2.09. The number of unbranched alkanes of at least 4 members (excludes halogenated alkanes) is 46. The molecule has 0 aromatic carbocycles. The maximum absolute atomic E-state index is 13.2. The van der Waals surface area contributed by atoms with Gasteiger partial charge in [-0.25, -0.2) is 0 Å². The summed E-state index contributed by atoms with van der Waals surface area (Å²) in [6.07, 6.45) is 92.9. The van der Waals surface area contributed by atoms with Crippen molar-refractivity contribution in [2.24, 2.45) is 0 Å². The summed E-state index contributed by atoms with van der Waals surface area (Å²) in [4.78, 5) is 13.2. The molecule has 1 heterocycles. The quantitative estimate of drug-likeness (QED) is 0.0261. The molecule has 0 radical (unpaired) electrons. The molecular weight excluding hydrogens is 1110 g/mol. The molecule has 1 aliphatic rings. The van der Waals surface area contributed by atoms with E-state index in [9.17, 15) is 30.3 Å². The molecule has 0 aromatic rings. The first-order valence-electron chi connectivity index (χ1n) is 38.8. The summed E-state index contributed by atoms with van der Waals surface area (Å²) in [6, 6.07) is -0.810. The van der Waals surface area contributed by atoms with Gasteiger partial charge in [-0.2, -0.15) is 0 Å². The summed E-state index contributed by atoms with van der Waals surface area (Å²) in [5.74, 6) is -0.173. The Labute approximate surface area is 556 Å². The molecule has 9 heteroatoms. The number of hydrogen-bond acceptors (Lipinski definition) is 8. The highest BCUT2D eigenvalue weighted by Gasteiger charge is 2.44. The zero-order valence-electron chi connectivity index (χ0n) is 58.9. The predicted octanol–water partition coefficient (Wildman–Crippen LogP) is 22.0. The van der Waals surface area contributed by atoms with E-state index >= 15 is 0 Å². The topological polar surface area (TPSA) is 149 Å². The van der Waals surface area contributed by atoms with Gasteiger partial charge in [-0.15, -0.1) is 0 Å². The van der Waals surface area contributed by atoms with Crippen molar-refractivity contribution in [3.63, 3.8) is 0 Å². The molecule has 1 saturated heterocycles. The number of nitrogens with one attached hydrogen (secondary N) is 1. The molecule has 7 atom stereocenters. The van der Waals surface area contributed by atoms with E-state index in [-0.39, 0.29) is 12.5 Å². The molecule has 1 aliphatic heterocycles. The standard InChI is InChI=1S/C81H147NO8/c1-3-5-7-9-11-13-15-17-19-21-23-25-27-29-31-33-35-37-38-39-41-43-45-47-49-51-53-55-57-59-61-63-65-67-69-71-77(85)82-74(73-89-81-80(88)79(87)78(86)76(72-83)90-81)75(84)70-68-66-64-62-60-58-56-54-52-50-48-46-44-42-40-36-34-32-30-28-26-24-22-20-18-16-14-12-10-8-6-4-2/h5,7,11,13,17,19,23,25,29,31,35,37,68,70,74-76,78-81,83-84,86-88H,3-4,6,8-10,12,14-16,18,20-22,24,26-28,30,32-34,36,38-67,69,71-73H2,1-2H3,(H,82,85)/b7-5-,13-11-,19-17-,25-23-,31-29-,37-35-,70-68+. The van der Waals surface area contributed by atoms with Crippen LogP contribution in [0.2, 0.25) is 0 Å². The van der Waals surface area contributed by atoms with Crippen molar-refractivity contribution in [2.75, 3.05) is 13.2 Å². The summed E-state index contributed by atoms with van der Waals surface area (Å²) in [5, 5.41) is 54.9. The SMILES string of the molecule is CC/C=C\C/C=C\C/C=C\C/C=C\C/C=C\C/C=C\CCCCCCCCCCCCCCCCCCC(=O)NC(COC1OC(CO)C(O)C(O)C1O)C(O)/C=C/CCCCCCCCCCCCCCCCCCCCCCCCCCCCCCCC. The number of aliphatic hydroxyl groups excluding tert-OH is 5. The second-order valence-corrected chi connectivity index (χ2v) is 26.8. The van der Waals surface area contributed by atoms with E-state index in [1.807, 2.05) is 6.08 Å². The van der Waals surface area contributed by atoms with Crippen molar-refractivity contribution < 1.29 is 39.8 Å². The van der Waals surface area contributed by atoms with Crippen LogP contribution >= 0.6 is 0 Å². The third-order valence-corrected chi connectivity index (χ3v) is 18.2. The molecule has 90 heavy (non-hydrogen) atoms. The molecule has 1 fully saturated rings. The van der Waals surface area contributed by atoms with Crippen LogP contribution in [-0.4, -0.2) is 87.5 Å². The Morgan fingerprint density at radius 2 is 0.689 bits per heavy atom. The molecule has 7 unspecified atom stereocenters. The van der Waals surface area contributed by atoms with Crippen molar-refractivity contribution in [1.29, 1.82) is 0 Å². The van der Waals surface area contributed by atoms with Crippen LogP contribution in [0.4, 0.5) is 0 Å². The van der Waals surface area contributed by atoms with Crippen LogP contribution < -0.4 is 5.32 Å². The number of amides is 1. The van der Waals surface area contributed by atoms with Crippen LogP contribution in [0.5, 0.6) is 0 Å². The van der Waals surface area contributed by atoms with Gasteiger partial charge in [0.2, 0.25) is 5.91 Å². The molecule has 0 bridgehead atoms. The molecule has 0 aliphatic carbocycles. The first-order valence-corrected chi connectivity index (χ1v) is 38.8. The highest BCUT2D eigenvalue weighted by atomic mass is 16.7. The lowest BCUT2D eigenvalue weighted by Gasteiger charge is -2.40. The monoisotopic (exact) mass is 1260 g/mol. The zero-order valence-corrected chi connectivity index (χ0v) is 58.9. The Morgan fingerprint density at radius 1 is 0.389 bits per heavy atom. The molecule has 6 N–H and O–H groups in total. The van der Waals surface area contributed by atoms with Gasteiger partial charge in [0.25, 0.3) is 0 Å². The first kappa shape index (κ1) is 85.4. The largest absolute Gasteiger partial charge is 0.394 e. The van der Waals surface area contributed by atoms with Crippen LogP contribution in [0.3, 0.4) is 0 Å². The minimum absolute atomic E-state index is 0.173. The van der Waals surface area contributed by atoms with Crippen LogP contribution in [-0.2, 0) is 14.3 Å². The van der Waals surface area contributed by atoms with Crippen molar-refractivity contribution in [2.45, 2.75) is 410 Å². The first-order chi connectivity index (χ1) is 44.3. The summed E-state index contributed by atoms with van der Waals surface area (Å²) in [7, 11) is 0. The Kier molecular flexibility index (Phi) is 65.7. The van der Waals surface area contributed by atoms with E-state index in [1.54, 1.807) is 6.08 Å². The highest BCUT2D eigenvalue weighted by Crippen LogP contribution is 2.24. The average molecular weight is 1260 g/mol. The number of aliphatic hydroxyl groups is 5. The van der Waals surface area contributed by atoms with Crippen molar-refractivity contribution in [3.05, 3.63) is 85.1 Å². The van der Waals surface area contributed by atoms with E-state index in [1.165, 1.54) is 270 Å². The molecule has 0 aromatic heterocycles. The van der Waals surface area contributed by atoms with Gasteiger partial charge < -0.3 is 40.3 Å². The second-order valence-electron chi connectivity index (χ2n) is 26.8. The molecular formula is C81H147NO8. The van der Waals surface area contributed by atoms with Crippen LogP contribution in [0.15, 0.2) is 85.1 Å². The molecule has 524 valence electrons. The molecule has 9 nitrogen and oxygen atoms in total. The number of rotatable bonds is 68. The van der Waals surface area contributed by atoms with E-state index in [0.717, 1.165) is 77.0 Å². The third kappa shape index (κ3) is 56.9. The molecule has 0 spiro atoms. The summed E-state index contributed by atoms with van der Waals surface area (Å²) in [6.45, 7) is 3.71. The van der Waals surface area contributed by atoms with Gasteiger partial charge in [0.1, 0.15) is 24.4 Å². The molecule has 1 amide bonds. The van der Waals surface area contributed by atoms with Crippen LogP contribution in [0.1, 0.15) is 367 Å². The lowest BCUT2D eigenvalue weighted by molar-refractivity contribution is -0.302. The summed E-state index contributed by atoms with van der Waals surface area (Å²) in [5.41, 5.74) is 0. The highest BCUT2D eigenvalue weighted by molar-refractivity contribution is 5.76. The predicted molar refractivity (Wildman–Crippen MR) is 387 cm³/mol. The van der Waals surface area contributed by atoms with Gasteiger partial charge in [0, 0.05) is 6.42 Å². The van der Waals surface area contributed by atoms with Gasteiger partial charge in [-0.05, 0) is 70.6 Å². The fourth-order valence-corrected chi connectivity index (χ4v) is 12.2. The van der Waals surface area contributed by atoms with Gasteiger partial charge in [-0.3, -0.25) is 4.79 Å². The minimum atomic E-state index is -1.57. The van der Waals surface area contributed by atoms with Crippen LogP contribution in [0.25, 0.3) is 0 Å².